The van der Waals surface area contributed by atoms with Crippen molar-refractivity contribution in [2.75, 3.05) is 6.26 Å². The van der Waals surface area contributed by atoms with E-state index < -0.39 is 9.84 Å². The predicted molar refractivity (Wildman–Crippen MR) is 51.5 cm³/mol. The lowest BCUT2D eigenvalue weighted by Gasteiger charge is -1.97. The van der Waals surface area contributed by atoms with E-state index in [0.29, 0.717) is 10.1 Å². The standard InChI is InChI=1S/C8H12O2S2/c1-6(2)7-4-8(11-5-7)12(3,9)10/h4-6H,1-3H3. The van der Waals surface area contributed by atoms with Crippen LogP contribution in [0.5, 0.6) is 0 Å². The highest BCUT2D eigenvalue weighted by molar-refractivity contribution is 7.92. The molecule has 68 valence electrons. The topological polar surface area (TPSA) is 34.1 Å². The van der Waals surface area contributed by atoms with E-state index in [4.69, 9.17) is 0 Å². The van der Waals surface area contributed by atoms with E-state index in [0.717, 1.165) is 5.56 Å². The highest BCUT2D eigenvalue weighted by Gasteiger charge is 2.11. The van der Waals surface area contributed by atoms with Gasteiger partial charge in [-0.15, -0.1) is 11.3 Å². The van der Waals surface area contributed by atoms with Crippen molar-refractivity contribution in [3.63, 3.8) is 0 Å². The van der Waals surface area contributed by atoms with Crippen LogP contribution in [0.15, 0.2) is 15.7 Å². The van der Waals surface area contributed by atoms with Gasteiger partial charge in [-0.25, -0.2) is 8.42 Å². The third kappa shape index (κ3) is 2.08. The van der Waals surface area contributed by atoms with Gasteiger partial charge >= 0.3 is 0 Å². The Balaban J connectivity index is 3.09. The number of hydrogen-bond acceptors (Lipinski definition) is 3. The van der Waals surface area contributed by atoms with Gasteiger partial charge < -0.3 is 0 Å². The monoisotopic (exact) mass is 204 g/mol. The molecule has 1 aromatic rings. The van der Waals surface area contributed by atoms with Gasteiger partial charge in [-0.05, 0) is 22.9 Å². The molecule has 1 aromatic heterocycles. The molecule has 0 radical (unpaired) electrons. The average molecular weight is 204 g/mol. The summed E-state index contributed by atoms with van der Waals surface area (Å²) in [5, 5.41) is 1.90. The van der Waals surface area contributed by atoms with Crippen molar-refractivity contribution in [2.45, 2.75) is 24.0 Å². The molecule has 0 aromatic carbocycles. The Bertz CT molecular complexity index is 360. The minimum absolute atomic E-state index is 0.400. The van der Waals surface area contributed by atoms with E-state index in [2.05, 4.69) is 0 Å². The molecule has 0 saturated heterocycles. The molecule has 0 N–H and O–H groups in total. The molecule has 0 aliphatic rings. The van der Waals surface area contributed by atoms with Gasteiger partial charge in [-0.2, -0.15) is 0 Å². The molecule has 2 nitrogen and oxygen atoms in total. The number of thiophene rings is 1. The van der Waals surface area contributed by atoms with Crippen molar-refractivity contribution in [3.05, 3.63) is 17.0 Å². The van der Waals surface area contributed by atoms with E-state index in [1.54, 1.807) is 6.07 Å². The second-order valence-corrected chi connectivity index (χ2v) is 6.28. The van der Waals surface area contributed by atoms with Gasteiger partial charge in [0.1, 0.15) is 4.21 Å². The molecule has 12 heavy (non-hydrogen) atoms. The predicted octanol–water partition coefficient (Wildman–Crippen LogP) is 2.28. The van der Waals surface area contributed by atoms with Gasteiger partial charge in [0.05, 0.1) is 0 Å². The Hall–Kier alpha value is -0.350. The first kappa shape index (κ1) is 9.74. The van der Waals surface area contributed by atoms with Gasteiger partial charge in [-0.1, -0.05) is 13.8 Å². The molecule has 0 atom stereocenters. The third-order valence-corrected chi connectivity index (χ3v) is 4.41. The molecule has 0 aliphatic carbocycles. The van der Waals surface area contributed by atoms with Crippen LogP contribution >= 0.6 is 11.3 Å². The van der Waals surface area contributed by atoms with E-state index in [9.17, 15) is 8.42 Å². The molecule has 0 unspecified atom stereocenters. The Kier molecular flexibility index (Phi) is 2.58. The first-order valence-electron chi connectivity index (χ1n) is 3.69. The molecule has 1 heterocycles. The summed E-state index contributed by atoms with van der Waals surface area (Å²) in [6, 6.07) is 1.75. The summed E-state index contributed by atoms with van der Waals surface area (Å²) in [4.78, 5) is 0. The molecule has 4 heteroatoms. The zero-order valence-electron chi connectivity index (χ0n) is 7.37. The van der Waals surface area contributed by atoms with Crippen LogP contribution in [-0.2, 0) is 9.84 Å². The van der Waals surface area contributed by atoms with Gasteiger partial charge in [0.2, 0.25) is 0 Å². The Morgan fingerprint density at radius 2 is 2.00 bits per heavy atom. The van der Waals surface area contributed by atoms with Crippen LogP contribution in [0.3, 0.4) is 0 Å². The molecule has 0 bridgehead atoms. The normalized spacial score (nSPS) is 12.3. The lowest BCUT2D eigenvalue weighted by molar-refractivity contribution is 0.603. The van der Waals surface area contributed by atoms with Crippen LogP contribution in [0.25, 0.3) is 0 Å². The van der Waals surface area contributed by atoms with E-state index in [-0.39, 0.29) is 0 Å². The largest absolute Gasteiger partial charge is 0.223 e. The second kappa shape index (κ2) is 3.18. The Morgan fingerprint density at radius 1 is 1.42 bits per heavy atom. The summed E-state index contributed by atoms with van der Waals surface area (Å²) < 4.78 is 22.6. The summed E-state index contributed by atoms with van der Waals surface area (Å²) in [5.41, 5.74) is 1.10. The van der Waals surface area contributed by atoms with Crippen molar-refractivity contribution in [2.24, 2.45) is 0 Å². The minimum atomic E-state index is -3.00. The highest BCUT2D eigenvalue weighted by Crippen LogP contribution is 2.25. The summed E-state index contributed by atoms with van der Waals surface area (Å²) in [5.74, 6) is 0.400. The van der Waals surface area contributed by atoms with Crippen molar-refractivity contribution < 1.29 is 8.42 Å². The fraction of sp³-hybridized carbons (Fsp3) is 0.500. The molecule has 1 rings (SSSR count). The fourth-order valence-electron chi connectivity index (χ4n) is 0.827. The van der Waals surface area contributed by atoms with Gasteiger partial charge in [0, 0.05) is 6.26 Å². The van der Waals surface area contributed by atoms with Crippen LogP contribution in [-0.4, -0.2) is 14.7 Å². The SMILES string of the molecule is CC(C)c1csc(S(C)(=O)=O)c1. The minimum Gasteiger partial charge on any atom is -0.223 e. The summed E-state index contributed by atoms with van der Waals surface area (Å²) >= 11 is 1.30. The van der Waals surface area contributed by atoms with Gasteiger partial charge in [0.25, 0.3) is 0 Å². The second-order valence-electron chi connectivity index (χ2n) is 3.13. The zero-order chi connectivity index (χ0) is 9.35. The zero-order valence-corrected chi connectivity index (χ0v) is 9.00. The number of rotatable bonds is 2. The van der Waals surface area contributed by atoms with Crippen LogP contribution < -0.4 is 0 Å². The Morgan fingerprint density at radius 3 is 2.25 bits per heavy atom. The van der Waals surface area contributed by atoms with Crippen LogP contribution in [0.1, 0.15) is 25.3 Å². The van der Waals surface area contributed by atoms with Gasteiger partial charge in [-0.3, -0.25) is 0 Å². The molecule has 0 fully saturated rings. The molecular formula is C8H12O2S2. The van der Waals surface area contributed by atoms with Crippen molar-refractivity contribution >= 4 is 21.2 Å². The van der Waals surface area contributed by atoms with Crippen molar-refractivity contribution in [1.29, 1.82) is 0 Å². The van der Waals surface area contributed by atoms with Crippen LogP contribution in [0.2, 0.25) is 0 Å². The van der Waals surface area contributed by atoms with Crippen LogP contribution in [0, 0.1) is 0 Å². The highest BCUT2D eigenvalue weighted by atomic mass is 32.2. The fourth-order valence-corrected chi connectivity index (χ4v) is 2.82. The molecule has 0 saturated carbocycles. The van der Waals surface area contributed by atoms with E-state index in [1.807, 2.05) is 19.2 Å². The number of hydrogen-bond donors (Lipinski definition) is 0. The molecule has 0 aliphatic heterocycles. The number of sulfone groups is 1. The summed E-state index contributed by atoms with van der Waals surface area (Å²) in [6.07, 6.45) is 1.24. The smallest absolute Gasteiger partial charge is 0.184 e. The Labute approximate surface area is 77.2 Å². The van der Waals surface area contributed by atoms with Gasteiger partial charge in [0.15, 0.2) is 9.84 Å². The third-order valence-electron chi connectivity index (χ3n) is 1.63. The molecular weight excluding hydrogens is 192 g/mol. The quantitative estimate of drug-likeness (QED) is 0.740. The van der Waals surface area contributed by atoms with Crippen LogP contribution in [0.4, 0.5) is 0 Å². The summed E-state index contributed by atoms with van der Waals surface area (Å²) in [7, 11) is -3.00. The molecule has 0 spiro atoms. The molecule has 0 amide bonds. The van der Waals surface area contributed by atoms with E-state index >= 15 is 0 Å². The first-order chi connectivity index (χ1) is 5.41. The van der Waals surface area contributed by atoms with E-state index in [1.165, 1.54) is 17.6 Å². The van der Waals surface area contributed by atoms with Crippen molar-refractivity contribution in [1.82, 2.24) is 0 Å². The summed E-state index contributed by atoms with van der Waals surface area (Å²) in [6.45, 7) is 4.10. The first-order valence-corrected chi connectivity index (χ1v) is 6.47. The average Bonchev–Trinajstić information content (AvgIpc) is 2.30. The van der Waals surface area contributed by atoms with Crippen molar-refractivity contribution in [3.8, 4) is 0 Å². The lowest BCUT2D eigenvalue weighted by atomic mass is 10.1. The lowest BCUT2D eigenvalue weighted by Crippen LogP contribution is -1.92. The maximum absolute atomic E-state index is 11.1. The maximum atomic E-state index is 11.1. The maximum Gasteiger partial charge on any atom is 0.184 e.